The molecule has 38 valence electrons. The largest absolute Gasteiger partial charge is 0.0728 e. The summed E-state index contributed by atoms with van der Waals surface area (Å²) in [6, 6.07) is 0. The topological polar surface area (TPSA) is 0 Å². The highest BCUT2D eigenvalue weighted by atomic mass is 79.9. The molecule has 1 atom stereocenters. The highest BCUT2D eigenvalue weighted by molar-refractivity contribution is 9.36. The molecule has 1 unspecified atom stereocenters. The maximum atomic E-state index is 3.40. The molecule has 0 N–H and O–H groups in total. The van der Waals surface area contributed by atoms with Gasteiger partial charge in [0.2, 0.25) is 0 Å². The van der Waals surface area contributed by atoms with Crippen molar-refractivity contribution in [3.63, 3.8) is 0 Å². The summed E-state index contributed by atoms with van der Waals surface area (Å²) in [5, 5.41) is 0. The zero-order chi connectivity index (χ0) is 5.11. The molecule has 1 aliphatic carbocycles. The number of hydrogen-bond donors (Lipinski definition) is 0. The van der Waals surface area contributed by atoms with Crippen LogP contribution in [0.2, 0.25) is 0 Å². The first-order valence-electron chi connectivity index (χ1n) is 2.14. The first-order chi connectivity index (χ1) is 3.43. The third-order valence-corrected chi connectivity index (χ3v) is 3.10. The van der Waals surface area contributed by atoms with Crippen LogP contribution < -0.4 is 0 Å². The summed E-state index contributed by atoms with van der Waals surface area (Å²) in [6.07, 6.45) is 8.54. The van der Waals surface area contributed by atoms with Crippen molar-refractivity contribution >= 4 is 22.8 Å². The zero-order valence-corrected chi connectivity index (χ0v) is 6.35. The van der Waals surface area contributed by atoms with E-state index >= 15 is 0 Å². The number of halogens is 1. The lowest BCUT2D eigenvalue weighted by Gasteiger charge is -1.92. The Balaban J connectivity index is 2.44. The Morgan fingerprint density at radius 1 is 1.29 bits per heavy atom. The predicted molar refractivity (Wildman–Crippen MR) is 39.3 cm³/mol. The Morgan fingerprint density at radius 3 is 2.14 bits per heavy atom. The number of rotatable bonds is 1. The standard InChI is InChI=1S/C5H6BrP/c6-7-5-3-1-2-4-5/h1-5,7H. The van der Waals surface area contributed by atoms with E-state index in [1.807, 2.05) is 0 Å². The van der Waals surface area contributed by atoms with Crippen LogP contribution in [0.4, 0.5) is 0 Å². The Labute approximate surface area is 53.2 Å². The zero-order valence-electron chi connectivity index (χ0n) is 3.76. The normalized spacial score (nSPS) is 20.7. The second-order valence-electron chi connectivity index (χ2n) is 1.40. The summed E-state index contributed by atoms with van der Waals surface area (Å²) >= 11 is 3.40. The molecule has 0 radical (unpaired) electrons. The molecular weight excluding hydrogens is 171 g/mol. The molecule has 0 saturated heterocycles. The van der Waals surface area contributed by atoms with Gasteiger partial charge >= 0.3 is 0 Å². The summed E-state index contributed by atoms with van der Waals surface area (Å²) < 4.78 is 0. The first kappa shape index (κ1) is 5.53. The molecule has 0 fully saturated rings. The second-order valence-corrected chi connectivity index (χ2v) is 3.66. The molecule has 0 aromatic carbocycles. The molecule has 0 aliphatic heterocycles. The van der Waals surface area contributed by atoms with Gasteiger partial charge in [-0.25, -0.2) is 0 Å². The fourth-order valence-electron chi connectivity index (χ4n) is 0.505. The second kappa shape index (κ2) is 2.64. The van der Waals surface area contributed by atoms with E-state index in [1.165, 1.54) is 0 Å². The number of allylic oxidation sites excluding steroid dienone is 4. The summed E-state index contributed by atoms with van der Waals surface area (Å²) in [6.45, 7) is 0. The summed E-state index contributed by atoms with van der Waals surface area (Å²) in [7, 11) is 0.850. The number of hydrogen-bond acceptors (Lipinski definition) is 0. The van der Waals surface area contributed by atoms with E-state index in [9.17, 15) is 0 Å². The summed E-state index contributed by atoms with van der Waals surface area (Å²) in [5.74, 6) is 0. The summed E-state index contributed by atoms with van der Waals surface area (Å²) in [5.41, 5.74) is 0.681. The lowest BCUT2D eigenvalue weighted by molar-refractivity contribution is 1.48. The lowest BCUT2D eigenvalue weighted by Crippen LogP contribution is -1.78. The quantitative estimate of drug-likeness (QED) is 0.539. The van der Waals surface area contributed by atoms with Gasteiger partial charge in [-0.05, 0) is 7.28 Å². The van der Waals surface area contributed by atoms with Crippen molar-refractivity contribution in [2.24, 2.45) is 0 Å². The molecular formula is C5H6BrP. The minimum Gasteiger partial charge on any atom is -0.0728 e. The molecule has 7 heavy (non-hydrogen) atoms. The lowest BCUT2D eigenvalue weighted by atomic mass is 10.5. The SMILES string of the molecule is BrPC1C=CC=C1. The average molecular weight is 177 g/mol. The van der Waals surface area contributed by atoms with Crippen molar-refractivity contribution in [2.75, 3.05) is 0 Å². The Kier molecular flexibility index (Phi) is 2.08. The van der Waals surface area contributed by atoms with E-state index in [2.05, 4.69) is 39.8 Å². The van der Waals surface area contributed by atoms with Gasteiger partial charge in [-0.1, -0.05) is 39.8 Å². The van der Waals surface area contributed by atoms with E-state index in [0.717, 1.165) is 7.28 Å². The van der Waals surface area contributed by atoms with E-state index in [0.29, 0.717) is 5.66 Å². The van der Waals surface area contributed by atoms with Gasteiger partial charge in [0.1, 0.15) is 0 Å². The van der Waals surface area contributed by atoms with Crippen LogP contribution in [0.15, 0.2) is 24.3 Å². The van der Waals surface area contributed by atoms with Crippen LogP contribution in [0.3, 0.4) is 0 Å². The first-order valence-corrected chi connectivity index (χ1v) is 5.48. The van der Waals surface area contributed by atoms with E-state index in [4.69, 9.17) is 0 Å². The molecule has 0 aromatic rings. The average Bonchev–Trinajstić information content (AvgIpc) is 2.14. The van der Waals surface area contributed by atoms with Crippen molar-refractivity contribution in [3.05, 3.63) is 24.3 Å². The molecule has 0 amide bonds. The third kappa shape index (κ3) is 1.40. The molecule has 0 bridgehead atoms. The van der Waals surface area contributed by atoms with Gasteiger partial charge in [0.15, 0.2) is 0 Å². The van der Waals surface area contributed by atoms with Gasteiger partial charge in [0.05, 0.1) is 0 Å². The van der Waals surface area contributed by atoms with Crippen LogP contribution in [-0.2, 0) is 0 Å². The predicted octanol–water partition coefficient (Wildman–Crippen LogP) is 2.47. The van der Waals surface area contributed by atoms with Gasteiger partial charge in [-0.3, -0.25) is 0 Å². The molecule has 0 spiro atoms. The molecule has 1 rings (SSSR count). The molecule has 1 aliphatic rings. The van der Waals surface area contributed by atoms with Gasteiger partial charge in [-0.15, -0.1) is 0 Å². The highest BCUT2D eigenvalue weighted by Crippen LogP contribution is 2.30. The summed E-state index contributed by atoms with van der Waals surface area (Å²) in [4.78, 5) is 0. The van der Waals surface area contributed by atoms with E-state index in [-0.39, 0.29) is 0 Å². The van der Waals surface area contributed by atoms with Crippen LogP contribution in [0.1, 0.15) is 0 Å². The van der Waals surface area contributed by atoms with Crippen molar-refractivity contribution < 1.29 is 0 Å². The van der Waals surface area contributed by atoms with E-state index < -0.39 is 0 Å². The Morgan fingerprint density at radius 2 is 1.86 bits per heavy atom. The van der Waals surface area contributed by atoms with Gasteiger partial charge in [-0.2, -0.15) is 0 Å². The molecule has 2 heteroatoms. The maximum Gasteiger partial charge on any atom is 0.0227 e. The van der Waals surface area contributed by atoms with Crippen molar-refractivity contribution in [1.29, 1.82) is 0 Å². The Bertz CT molecular complexity index is 94.6. The minimum atomic E-state index is 0.681. The smallest absolute Gasteiger partial charge is 0.0227 e. The van der Waals surface area contributed by atoms with Crippen molar-refractivity contribution in [3.8, 4) is 0 Å². The maximum absolute atomic E-state index is 3.40. The minimum absolute atomic E-state index is 0.681. The van der Waals surface area contributed by atoms with Crippen molar-refractivity contribution in [2.45, 2.75) is 5.66 Å². The van der Waals surface area contributed by atoms with Crippen LogP contribution in [0.25, 0.3) is 0 Å². The van der Waals surface area contributed by atoms with Crippen LogP contribution in [0.5, 0.6) is 0 Å². The van der Waals surface area contributed by atoms with Crippen LogP contribution >= 0.6 is 22.8 Å². The van der Waals surface area contributed by atoms with E-state index in [1.54, 1.807) is 0 Å². The monoisotopic (exact) mass is 176 g/mol. The third-order valence-electron chi connectivity index (χ3n) is 0.874. The fraction of sp³-hybridized carbons (Fsp3) is 0.200. The highest BCUT2D eigenvalue weighted by Gasteiger charge is 1.97. The van der Waals surface area contributed by atoms with Gasteiger partial charge < -0.3 is 0 Å². The van der Waals surface area contributed by atoms with Gasteiger partial charge in [0.25, 0.3) is 0 Å². The van der Waals surface area contributed by atoms with Crippen LogP contribution in [-0.4, -0.2) is 5.66 Å². The van der Waals surface area contributed by atoms with Crippen LogP contribution in [0, 0.1) is 0 Å². The molecule has 0 nitrogen and oxygen atoms in total. The molecule has 0 aromatic heterocycles. The Hall–Kier alpha value is 0.390. The van der Waals surface area contributed by atoms with Gasteiger partial charge in [0, 0.05) is 5.66 Å². The molecule has 0 heterocycles. The van der Waals surface area contributed by atoms with Crippen molar-refractivity contribution in [1.82, 2.24) is 0 Å². The molecule has 0 saturated carbocycles. The fourth-order valence-corrected chi connectivity index (χ4v) is 1.79.